The summed E-state index contributed by atoms with van der Waals surface area (Å²) in [6, 6.07) is 7.48. The Morgan fingerprint density at radius 3 is 2.53 bits per heavy atom. The van der Waals surface area contributed by atoms with Gasteiger partial charge in [-0.25, -0.2) is 0 Å². The summed E-state index contributed by atoms with van der Waals surface area (Å²) in [5.41, 5.74) is 1.76. The normalized spacial score (nSPS) is 21.9. The molecule has 100 valence electrons. The van der Waals surface area contributed by atoms with Crippen LogP contribution in [0.15, 0.2) is 36.4 Å². The first-order chi connectivity index (χ1) is 9.08. The van der Waals surface area contributed by atoms with Crippen molar-refractivity contribution >= 4 is 17.6 Å². The zero-order valence-electron chi connectivity index (χ0n) is 10.8. The molecule has 0 unspecified atom stereocenters. The molecular weight excluding hydrogens is 242 g/mol. The lowest BCUT2D eigenvalue weighted by molar-refractivity contribution is -0.146. The van der Waals surface area contributed by atoms with Gasteiger partial charge >= 0.3 is 5.97 Å². The molecule has 0 saturated heterocycles. The van der Waals surface area contributed by atoms with Crippen LogP contribution in [-0.2, 0) is 9.59 Å². The minimum atomic E-state index is -0.909. The van der Waals surface area contributed by atoms with Crippen LogP contribution in [0.5, 0.6) is 0 Å². The average Bonchev–Trinajstić information content (AvgIpc) is 2.38. The molecule has 1 aromatic rings. The molecule has 2 N–H and O–H groups in total. The summed E-state index contributed by atoms with van der Waals surface area (Å²) >= 11 is 0. The maximum absolute atomic E-state index is 12.2. The Morgan fingerprint density at radius 2 is 1.89 bits per heavy atom. The van der Waals surface area contributed by atoms with Crippen molar-refractivity contribution < 1.29 is 14.7 Å². The fourth-order valence-electron chi connectivity index (χ4n) is 2.33. The van der Waals surface area contributed by atoms with Gasteiger partial charge in [-0.3, -0.25) is 9.59 Å². The van der Waals surface area contributed by atoms with Crippen molar-refractivity contribution in [2.75, 3.05) is 5.32 Å². The van der Waals surface area contributed by atoms with Crippen LogP contribution >= 0.6 is 0 Å². The Kier molecular flexibility index (Phi) is 4.00. The summed E-state index contributed by atoms with van der Waals surface area (Å²) in [7, 11) is 0. The molecule has 2 atom stereocenters. The topological polar surface area (TPSA) is 66.4 Å². The lowest BCUT2D eigenvalue weighted by Gasteiger charge is -2.24. The second-order valence-electron chi connectivity index (χ2n) is 4.85. The van der Waals surface area contributed by atoms with Crippen molar-refractivity contribution in [2.45, 2.75) is 19.8 Å². The summed E-state index contributed by atoms with van der Waals surface area (Å²) < 4.78 is 0. The summed E-state index contributed by atoms with van der Waals surface area (Å²) in [6.45, 7) is 1.94. The number of amides is 1. The number of hydrogen-bond acceptors (Lipinski definition) is 2. The third-order valence-corrected chi connectivity index (χ3v) is 3.37. The van der Waals surface area contributed by atoms with Crippen LogP contribution in [0.2, 0.25) is 0 Å². The highest BCUT2D eigenvalue weighted by Gasteiger charge is 2.33. The SMILES string of the molecule is Cc1cccc(NC(=O)[C@H]2CC=CC[C@@H]2C(=O)O)c1. The third kappa shape index (κ3) is 3.22. The van der Waals surface area contributed by atoms with Crippen molar-refractivity contribution in [2.24, 2.45) is 11.8 Å². The molecular formula is C15H17NO3. The van der Waals surface area contributed by atoms with Crippen LogP contribution in [-0.4, -0.2) is 17.0 Å². The maximum Gasteiger partial charge on any atom is 0.307 e. The van der Waals surface area contributed by atoms with Crippen molar-refractivity contribution in [1.29, 1.82) is 0 Å². The number of nitrogens with one attached hydrogen (secondary N) is 1. The molecule has 0 fully saturated rings. The van der Waals surface area contributed by atoms with Crippen LogP contribution in [0.4, 0.5) is 5.69 Å². The predicted octanol–water partition coefficient (Wildman–Crippen LogP) is 2.60. The zero-order chi connectivity index (χ0) is 13.8. The van der Waals surface area contributed by atoms with Crippen LogP contribution in [0.3, 0.4) is 0 Å². The molecule has 0 saturated carbocycles. The van der Waals surface area contributed by atoms with Gasteiger partial charge in [0.2, 0.25) is 5.91 Å². The first-order valence-electron chi connectivity index (χ1n) is 6.33. The molecule has 0 heterocycles. The van der Waals surface area contributed by atoms with Crippen molar-refractivity contribution in [3.05, 3.63) is 42.0 Å². The molecule has 0 aliphatic heterocycles. The smallest absolute Gasteiger partial charge is 0.307 e. The fourth-order valence-corrected chi connectivity index (χ4v) is 2.33. The maximum atomic E-state index is 12.2. The Bertz CT molecular complexity index is 522. The lowest BCUT2D eigenvalue weighted by Crippen LogP contribution is -2.34. The molecule has 1 aromatic carbocycles. The molecule has 4 nitrogen and oxygen atoms in total. The predicted molar refractivity (Wildman–Crippen MR) is 72.8 cm³/mol. The number of aryl methyl sites for hydroxylation is 1. The largest absolute Gasteiger partial charge is 0.481 e. The van der Waals surface area contributed by atoms with Gasteiger partial charge in [0.15, 0.2) is 0 Å². The van der Waals surface area contributed by atoms with Gasteiger partial charge in [-0.15, -0.1) is 0 Å². The van der Waals surface area contributed by atoms with Crippen LogP contribution in [0.25, 0.3) is 0 Å². The molecule has 0 radical (unpaired) electrons. The quantitative estimate of drug-likeness (QED) is 0.820. The van der Waals surface area contributed by atoms with Gasteiger partial charge in [0, 0.05) is 5.69 Å². The number of hydrogen-bond donors (Lipinski definition) is 2. The Morgan fingerprint density at radius 1 is 1.21 bits per heavy atom. The molecule has 1 aliphatic carbocycles. The van der Waals surface area contributed by atoms with E-state index in [1.54, 1.807) is 6.07 Å². The van der Waals surface area contributed by atoms with E-state index in [-0.39, 0.29) is 5.91 Å². The summed E-state index contributed by atoms with van der Waals surface area (Å²) in [5.74, 6) is -2.26. The third-order valence-electron chi connectivity index (χ3n) is 3.37. The summed E-state index contributed by atoms with van der Waals surface area (Å²) in [5, 5.41) is 12.0. The molecule has 2 rings (SSSR count). The Labute approximate surface area is 112 Å². The Balaban J connectivity index is 2.10. The standard InChI is InChI=1S/C15H17NO3/c1-10-5-4-6-11(9-10)16-14(17)12-7-2-3-8-13(12)15(18)19/h2-6,9,12-13H,7-8H2,1H3,(H,16,17)(H,18,19)/t12-,13-/m0/s1. The van der Waals surface area contributed by atoms with Gasteiger partial charge in [0.25, 0.3) is 0 Å². The van der Waals surface area contributed by atoms with Crippen LogP contribution in [0.1, 0.15) is 18.4 Å². The number of rotatable bonds is 3. The number of allylic oxidation sites excluding steroid dienone is 2. The number of anilines is 1. The van der Waals surface area contributed by atoms with E-state index in [1.165, 1.54) is 0 Å². The summed E-state index contributed by atoms with van der Waals surface area (Å²) in [6.07, 6.45) is 4.60. The van der Waals surface area contributed by atoms with Crippen molar-refractivity contribution in [3.8, 4) is 0 Å². The van der Waals surface area contributed by atoms with E-state index in [2.05, 4.69) is 5.32 Å². The highest BCUT2D eigenvalue weighted by Crippen LogP contribution is 2.27. The van der Waals surface area contributed by atoms with E-state index in [9.17, 15) is 9.59 Å². The molecule has 0 spiro atoms. The zero-order valence-corrected chi connectivity index (χ0v) is 10.8. The van der Waals surface area contributed by atoms with E-state index < -0.39 is 17.8 Å². The van der Waals surface area contributed by atoms with E-state index in [4.69, 9.17) is 5.11 Å². The molecule has 0 aromatic heterocycles. The second kappa shape index (κ2) is 5.69. The minimum Gasteiger partial charge on any atom is -0.481 e. The first kappa shape index (κ1) is 13.3. The van der Waals surface area contributed by atoms with E-state index in [0.29, 0.717) is 18.5 Å². The van der Waals surface area contributed by atoms with Crippen molar-refractivity contribution in [1.82, 2.24) is 0 Å². The average molecular weight is 259 g/mol. The Hall–Kier alpha value is -2.10. The van der Waals surface area contributed by atoms with E-state index >= 15 is 0 Å². The highest BCUT2D eigenvalue weighted by molar-refractivity contribution is 5.95. The van der Waals surface area contributed by atoms with E-state index in [1.807, 2.05) is 37.3 Å². The van der Waals surface area contributed by atoms with Gasteiger partial charge in [-0.1, -0.05) is 24.3 Å². The first-order valence-corrected chi connectivity index (χ1v) is 6.33. The number of carbonyl (C=O) groups excluding carboxylic acids is 1. The van der Waals surface area contributed by atoms with Crippen LogP contribution in [0, 0.1) is 18.8 Å². The number of benzene rings is 1. The number of aliphatic carboxylic acids is 1. The van der Waals surface area contributed by atoms with E-state index in [0.717, 1.165) is 5.56 Å². The van der Waals surface area contributed by atoms with Crippen LogP contribution < -0.4 is 5.32 Å². The highest BCUT2D eigenvalue weighted by atomic mass is 16.4. The molecule has 1 amide bonds. The second-order valence-corrected chi connectivity index (χ2v) is 4.85. The minimum absolute atomic E-state index is 0.220. The molecule has 1 aliphatic rings. The van der Waals surface area contributed by atoms with Crippen molar-refractivity contribution in [3.63, 3.8) is 0 Å². The molecule has 0 bridgehead atoms. The molecule has 4 heteroatoms. The van der Waals surface area contributed by atoms with Gasteiger partial charge in [0.1, 0.15) is 0 Å². The summed E-state index contributed by atoms with van der Waals surface area (Å²) in [4.78, 5) is 23.3. The molecule has 19 heavy (non-hydrogen) atoms. The van der Waals surface area contributed by atoms with Gasteiger partial charge < -0.3 is 10.4 Å². The number of carbonyl (C=O) groups is 2. The number of carboxylic acid groups (broad SMARTS) is 1. The lowest BCUT2D eigenvalue weighted by atomic mass is 9.82. The fraction of sp³-hybridized carbons (Fsp3) is 0.333. The van der Waals surface area contributed by atoms with Gasteiger partial charge in [-0.2, -0.15) is 0 Å². The van der Waals surface area contributed by atoms with Gasteiger partial charge in [0.05, 0.1) is 11.8 Å². The monoisotopic (exact) mass is 259 g/mol. The number of carboxylic acids is 1. The van der Waals surface area contributed by atoms with Gasteiger partial charge in [-0.05, 0) is 37.5 Å².